The summed E-state index contributed by atoms with van der Waals surface area (Å²) in [6.07, 6.45) is 1.66. The zero-order chi connectivity index (χ0) is 12.0. The van der Waals surface area contributed by atoms with Crippen LogP contribution < -0.4 is 10.6 Å². The Hall–Kier alpha value is -1.77. The molecule has 0 saturated heterocycles. The van der Waals surface area contributed by atoms with Gasteiger partial charge in [0, 0.05) is 12.2 Å². The van der Waals surface area contributed by atoms with Gasteiger partial charge in [0.05, 0.1) is 0 Å². The van der Waals surface area contributed by atoms with E-state index >= 15 is 0 Å². The molecule has 86 valence electrons. The highest BCUT2D eigenvalue weighted by Crippen LogP contribution is 2.10. The molecule has 0 saturated carbocycles. The minimum Gasteiger partial charge on any atom is -0.374 e. The van der Waals surface area contributed by atoms with E-state index in [0.717, 1.165) is 5.69 Å². The maximum Gasteiger partial charge on any atom is 0.242 e. The highest BCUT2D eigenvalue weighted by molar-refractivity contribution is 5.84. The second kappa shape index (κ2) is 5.95. The van der Waals surface area contributed by atoms with Gasteiger partial charge in [0.25, 0.3) is 0 Å². The quantitative estimate of drug-likeness (QED) is 0.743. The largest absolute Gasteiger partial charge is 0.374 e. The fourth-order valence-electron chi connectivity index (χ4n) is 1.38. The number of carbonyl (C=O) groups excluding carboxylic acids is 1. The van der Waals surface area contributed by atoms with Crippen molar-refractivity contribution in [1.29, 1.82) is 0 Å². The molecular formula is C13H18N2O. The van der Waals surface area contributed by atoms with Crippen molar-refractivity contribution in [2.45, 2.75) is 19.9 Å². The molecule has 0 aliphatic rings. The van der Waals surface area contributed by atoms with Gasteiger partial charge in [0.1, 0.15) is 6.04 Å². The molecule has 1 atom stereocenters. The topological polar surface area (TPSA) is 41.1 Å². The molecule has 0 spiro atoms. The summed E-state index contributed by atoms with van der Waals surface area (Å²) >= 11 is 0. The summed E-state index contributed by atoms with van der Waals surface area (Å²) in [5, 5.41) is 5.89. The molecule has 16 heavy (non-hydrogen) atoms. The molecular weight excluding hydrogens is 200 g/mol. The lowest BCUT2D eigenvalue weighted by Gasteiger charge is -2.14. The van der Waals surface area contributed by atoms with Crippen LogP contribution in [0.2, 0.25) is 0 Å². The van der Waals surface area contributed by atoms with Gasteiger partial charge in [-0.25, -0.2) is 0 Å². The molecule has 0 aromatic heterocycles. The van der Waals surface area contributed by atoms with E-state index in [1.54, 1.807) is 6.08 Å². The van der Waals surface area contributed by atoms with E-state index in [4.69, 9.17) is 0 Å². The summed E-state index contributed by atoms with van der Waals surface area (Å²) in [4.78, 5) is 11.6. The van der Waals surface area contributed by atoms with E-state index in [0.29, 0.717) is 6.54 Å². The molecule has 1 amide bonds. The summed E-state index contributed by atoms with van der Waals surface area (Å²) in [5.74, 6) is -0.0265. The van der Waals surface area contributed by atoms with Crippen LogP contribution in [-0.4, -0.2) is 18.5 Å². The molecule has 1 unspecified atom stereocenters. The van der Waals surface area contributed by atoms with Crippen LogP contribution in [-0.2, 0) is 4.79 Å². The number of aryl methyl sites for hydroxylation is 1. The average molecular weight is 218 g/mol. The minimum absolute atomic E-state index is 0.0265. The van der Waals surface area contributed by atoms with Crippen molar-refractivity contribution < 1.29 is 4.79 Å². The van der Waals surface area contributed by atoms with Crippen LogP contribution >= 0.6 is 0 Å². The predicted octanol–water partition coefficient (Wildman–Crippen LogP) is 2.10. The van der Waals surface area contributed by atoms with Crippen molar-refractivity contribution in [2.75, 3.05) is 11.9 Å². The summed E-state index contributed by atoms with van der Waals surface area (Å²) in [6.45, 7) is 7.91. The van der Waals surface area contributed by atoms with Crippen molar-refractivity contribution in [1.82, 2.24) is 5.32 Å². The first-order valence-corrected chi connectivity index (χ1v) is 5.35. The monoisotopic (exact) mass is 218 g/mol. The summed E-state index contributed by atoms with van der Waals surface area (Å²) in [6, 6.07) is 7.70. The summed E-state index contributed by atoms with van der Waals surface area (Å²) in [5.41, 5.74) is 2.13. The van der Waals surface area contributed by atoms with Crippen LogP contribution in [0.15, 0.2) is 36.9 Å². The first-order chi connectivity index (χ1) is 7.63. The Morgan fingerprint density at radius 1 is 1.56 bits per heavy atom. The number of hydrogen-bond acceptors (Lipinski definition) is 2. The molecule has 2 N–H and O–H groups in total. The third-order valence-electron chi connectivity index (χ3n) is 2.22. The molecule has 0 aliphatic heterocycles. The smallest absolute Gasteiger partial charge is 0.242 e. The van der Waals surface area contributed by atoms with Crippen LogP contribution in [0.5, 0.6) is 0 Å². The fraction of sp³-hybridized carbons (Fsp3) is 0.308. The Kier molecular flexibility index (Phi) is 4.58. The van der Waals surface area contributed by atoms with E-state index in [2.05, 4.69) is 17.2 Å². The Morgan fingerprint density at radius 3 is 2.94 bits per heavy atom. The Labute approximate surface area is 96.6 Å². The Balaban J connectivity index is 2.53. The van der Waals surface area contributed by atoms with E-state index in [1.165, 1.54) is 5.56 Å². The first kappa shape index (κ1) is 12.3. The lowest BCUT2D eigenvalue weighted by Crippen LogP contribution is -2.37. The Morgan fingerprint density at radius 2 is 2.31 bits per heavy atom. The van der Waals surface area contributed by atoms with Gasteiger partial charge in [-0.05, 0) is 31.5 Å². The van der Waals surface area contributed by atoms with Gasteiger partial charge < -0.3 is 10.6 Å². The molecule has 1 rings (SSSR count). The van der Waals surface area contributed by atoms with E-state index < -0.39 is 0 Å². The summed E-state index contributed by atoms with van der Waals surface area (Å²) in [7, 11) is 0. The third kappa shape index (κ3) is 3.77. The Bertz CT molecular complexity index is 374. The number of hydrogen-bond donors (Lipinski definition) is 2. The molecule has 3 heteroatoms. The second-order valence-electron chi connectivity index (χ2n) is 3.77. The van der Waals surface area contributed by atoms with Crippen LogP contribution in [0.25, 0.3) is 0 Å². The normalized spacial score (nSPS) is 11.6. The molecule has 0 radical (unpaired) electrons. The van der Waals surface area contributed by atoms with Crippen LogP contribution in [0.4, 0.5) is 5.69 Å². The van der Waals surface area contributed by atoms with Crippen LogP contribution in [0, 0.1) is 6.92 Å². The van der Waals surface area contributed by atoms with Gasteiger partial charge in [0.2, 0.25) is 5.91 Å². The van der Waals surface area contributed by atoms with Crippen molar-refractivity contribution in [2.24, 2.45) is 0 Å². The van der Waals surface area contributed by atoms with Crippen molar-refractivity contribution >= 4 is 11.6 Å². The van der Waals surface area contributed by atoms with E-state index in [-0.39, 0.29) is 11.9 Å². The van der Waals surface area contributed by atoms with Gasteiger partial charge in [-0.1, -0.05) is 18.2 Å². The maximum absolute atomic E-state index is 11.6. The SMILES string of the molecule is C=CCNC(=O)C(C)Nc1cccc(C)c1. The highest BCUT2D eigenvalue weighted by atomic mass is 16.2. The number of rotatable bonds is 5. The van der Waals surface area contributed by atoms with Gasteiger partial charge in [-0.3, -0.25) is 4.79 Å². The van der Waals surface area contributed by atoms with Gasteiger partial charge in [0.15, 0.2) is 0 Å². The lowest BCUT2D eigenvalue weighted by atomic mass is 10.2. The number of amides is 1. The first-order valence-electron chi connectivity index (χ1n) is 5.35. The summed E-state index contributed by atoms with van der Waals surface area (Å²) < 4.78 is 0. The van der Waals surface area contributed by atoms with Crippen LogP contribution in [0.3, 0.4) is 0 Å². The number of anilines is 1. The zero-order valence-electron chi connectivity index (χ0n) is 9.79. The van der Waals surface area contributed by atoms with Crippen molar-refractivity contribution in [3.8, 4) is 0 Å². The maximum atomic E-state index is 11.6. The van der Waals surface area contributed by atoms with Gasteiger partial charge >= 0.3 is 0 Å². The number of benzene rings is 1. The molecule has 0 bridgehead atoms. The second-order valence-corrected chi connectivity index (χ2v) is 3.77. The van der Waals surface area contributed by atoms with E-state index in [9.17, 15) is 4.79 Å². The highest BCUT2D eigenvalue weighted by Gasteiger charge is 2.10. The molecule has 0 heterocycles. The predicted molar refractivity (Wildman–Crippen MR) is 67.5 cm³/mol. The van der Waals surface area contributed by atoms with Crippen LogP contribution in [0.1, 0.15) is 12.5 Å². The average Bonchev–Trinajstić information content (AvgIpc) is 2.25. The zero-order valence-corrected chi connectivity index (χ0v) is 9.79. The van der Waals surface area contributed by atoms with Crippen molar-refractivity contribution in [3.05, 3.63) is 42.5 Å². The van der Waals surface area contributed by atoms with Crippen molar-refractivity contribution in [3.63, 3.8) is 0 Å². The van der Waals surface area contributed by atoms with Gasteiger partial charge in [-0.15, -0.1) is 6.58 Å². The minimum atomic E-state index is -0.248. The van der Waals surface area contributed by atoms with E-state index in [1.807, 2.05) is 38.1 Å². The van der Waals surface area contributed by atoms with Gasteiger partial charge in [-0.2, -0.15) is 0 Å². The molecule has 1 aromatic rings. The standard InChI is InChI=1S/C13H18N2O/c1-4-8-14-13(16)11(3)15-12-7-5-6-10(2)9-12/h4-7,9,11,15H,1,8H2,2-3H3,(H,14,16). The number of nitrogens with one attached hydrogen (secondary N) is 2. The molecule has 3 nitrogen and oxygen atoms in total. The number of carbonyl (C=O) groups is 1. The lowest BCUT2D eigenvalue weighted by molar-refractivity contribution is -0.121. The molecule has 1 aromatic carbocycles. The molecule has 0 aliphatic carbocycles. The third-order valence-corrected chi connectivity index (χ3v) is 2.22. The molecule has 0 fully saturated rings. The fourth-order valence-corrected chi connectivity index (χ4v) is 1.38.